The minimum absolute atomic E-state index is 0.0748. The topological polar surface area (TPSA) is 42.4 Å². The molecule has 1 aliphatic carbocycles. The van der Waals surface area contributed by atoms with Crippen molar-refractivity contribution in [3.63, 3.8) is 0 Å². The molecule has 0 bridgehead atoms. The van der Waals surface area contributed by atoms with Crippen molar-refractivity contribution in [3.05, 3.63) is 16.1 Å². The first-order valence-corrected chi connectivity index (χ1v) is 7.53. The van der Waals surface area contributed by atoms with Gasteiger partial charge in [0.15, 0.2) is 0 Å². The number of aliphatic hydroxyl groups is 1. The third kappa shape index (κ3) is 2.76. The van der Waals surface area contributed by atoms with Crippen LogP contribution in [0.4, 0.5) is 0 Å². The maximum Gasteiger partial charge on any atom is 0.125 e. The summed E-state index contributed by atoms with van der Waals surface area (Å²) in [5.41, 5.74) is 0.208. The Labute approximate surface area is 113 Å². The Hall–Kier alpha value is -0.450. The lowest BCUT2D eigenvalue weighted by atomic mass is 9.71. The SMILES string of the molecule is CCOC1(c2ncc(CO)s2)CCC(C)(C)CC1. The van der Waals surface area contributed by atoms with Crippen LogP contribution in [0.1, 0.15) is 56.3 Å². The zero-order valence-electron chi connectivity index (χ0n) is 11.5. The third-order valence-electron chi connectivity index (χ3n) is 3.93. The molecule has 1 aromatic heterocycles. The average molecular weight is 269 g/mol. The fourth-order valence-corrected chi connectivity index (χ4v) is 3.59. The fraction of sp³-hybridized carbons (Fsp3) is 0.786. The molecule has 0 spiro atoms. The monoisotopic (exact) mass is 269 g/mol. The molecule has 4 heteroatoms. The number of thiazole rings is 1. The molecular weight excluding hydrogens is 246 g/mol. The van der Waals surface area contributed by atoms with Crippen LogP contribution in [0, 0.1) is 5.41 Å². The van der Waals surface area contributed by atoms with E-state index < -0.39 is 0 Å². The Morgan fingerprint density at radius 1 is 1.33 bits per heavy atom. The molecule has 0 aliphatic heterocycles. The highest BCUT2D eigenvalue weighted by Gasteiger charge is 2.42. The summed E-state index contributed by atoms with van der Waals surface area (Å²) in [4.78, 5) is 5.41. The van der Waals surface area contributed by atoms with Gasteiger partial charge in [0, 0.05) is 12.8 Å². The Bertz CT molecular complexity index is 390. The first kappa shape index (κ1) is 14.0. The van der Waals surface area contributed by atoms with Gasteiger partial charge in [0.2, 0.25) is 0 Å². The summed E-state index contributed by atoms with van der Waals surface area (Å²) in [6, 6.07) is 0. The summed E-state index contributed by atoms with van der Waals surface area (Å²) in [6.07, 6.45) is 6.18. The van der Waals surface area contributed by atoms with Gasteiger partial charge in [-0.2, -0.15) is 0 Å². The first-order valence-electron chi connectivity index (χ1n) is 6.71. The molecule has 1 N–H and O–H groups in total. The van der Waals surface area contributed by atoms with E-state index in [1.165, 1.54) is 12.8 Å². The van der Waals surface area contributed by atoms with E-state index in [2.05, 4.69) is 18.8 Å². The van der Waals surface area contributed by atoms with Gasteiger partial charge in [-0.15, -0.1) is 11.3 Å². The Morgan fingerprint density at radius 2 is 2.00 bits per heavy atom. The second kappa shape index (κ2) is 5.27. The van der Waals surface area contributed by atoms with Gasteiger partial charge in [-0.1, -0.05) is 13.8 Å². The molecule has 0 radical (unpaired) electrons. The van der Waals surface area contributed by atoms with Crippen LogP contribution in [0.3, 0.4) is 0 Å². The Morgan fingerprint density at radius 3 is 2.50 bits per heavy atom. The van der Waals surface area contributed by atoms with Crippen LogP contribution in [0.15, 0.2) is 6.20 Å². The van der Waals surface area contributed by atoms with E-state index in [1.807, 2.05) is 6.92 Å². The van der Waals surface area contributed by atoms with Gasteiger partial charge in [0.25, 0.3) is 0 Å². The number of hydrogen-bond acceptors (Lipinski definition) is 4. The van der Waals surface area contributed by atoms with Crippen molar-refractivity contribution in [2.24, 2.45) is 5.41 Å². The van der Waals surface area contributed by atoms with Crippen molar-refractivity contribution < 1.29 is 9.84 Å². The molecule has 3 nitrogen and oxygen atoms in total. The van der Waals surface area contributed by atoms with Crippen molar-refractivity contribution >= 4 is 11.3 Å². The number of hydrogen-bond donors (Lipinski definition) is 1. The van der Waals surface area contributed by atoms with Gasteiger partial charge in [-0.05, 0) is 38.0 Å². The van der Waals surface area contributed by atoms with Crippen molar-refractivity contribution in [1.29, 1.82) is 0 Å². The first-order chi connectivity index (χ1) is 8.51. The van der Waals surface area contributed by atoms with Crippen molar-refractivity contribution in [1.82, 2.24) is 4.98 Å². The predicted molar refractivity (Wildman–Crippen MR) is 73.6 cm³/mol. The number of aromatic nitrogens is 1. The molecule has 0 atom stereocenters. The van der Waals surface area contributed by atoms with E-state index in [9.17, 15) is 5.11 Å². The highest BCUT2D eigenvalue weighted by molar-refractivity contribution is 7.11. The molecule has 0 saturated heterocycles. The normalized spacial score (nSPS) is 22.0. The molecule has 0 amide bonds. The summed E-state index contributed by atoms with van der Waals surface area (Å²) in [7, 11) is 0. The fourth-order valence-electron chi connectivity index (χ4n) is 2.62. The Balaban J connectivity index is 2.22. The van der Waals surface area contributed by atoms with E-state index in [0.717, 1.165) is 22.7 Å². The molecular formula is C14H23NO2S. The van der Waals surface area contributed by atoms with E-state index in [4.69, 9.17) is 4.74 Å². The van der Waals surface area contributed by atoms with Gasteiger partial charge in [-0.25, -0.2) is 4.98 Å². The molecule has 1 aliphatic rings. The molecule has 1 fully saturated rings. The van der Waals surface area contributed by atoms with Crippen LogP contribution >= 0.6 is 11.3 Å². The van der Waals surface area contributed by atoms with Crippen LogP contribution in [-0.2, 0) is 16.9 Å². The second-order valence-corrected chi connectivity index (χ2v) is 7.00. The summed E-state index contributed by atoms with van der Waals surface area (Å²) in [5, 5.41) is 10.2. The zero-order chi connectivity index (χ0) is 13.2. The lowest BCUT2D eigenvalue weighted by Gasteiger charge is -2.42. The van der Waals surface area contributed by atoms with Gasteiger partial charge in [0.1, 0.15) is 10.6 Å². The quantitative estimate of drug-likeness (QED) is 0.910. The number of rotatable bonds is 4. The smallest absolute Gasteiger partial charge is 0.125 e. The maximum absolute atomic E-state index is 9.18. The summed E-state index contributed by atoms with van der Waals surface area (Å²) in [6.45, 7) is 7.48. The van der Waals surface area contributed by atoms with E-state index in [1.54, 1.807) is 17.5 Å². The van der Waals surface area contributed by atoms with Crippen molar-refractivity contribution in [2.75, 3.05) is 6.61 Å². The average Bonchev–Trinajstić information content (AvgIpc) is 2.82. The standard InChI is InChI=1S/C14H23NO2S/c1-4-17-14(7-5-13(2,3)6-8-14)12-15-9-11(10-16)18-12/h9,16H,4-8,10H2,1-3H3. The molecule has 18 heavy (non-hydrogen) atoms. The summed E-state index contributed by atoms with van der Waals surface area (Å²) >= 11 is 1.59. The van der Waals surface area contributed by atoms with Crippen LogP contribution in [0.2, 0.25) is 0 Å². The largest absolute Gasteiger partial charge is 0.391 e. The van der Waals surface area contributed by atoms with E-state index in [0.29, 0.717) is 12.0 Å². The van der Waals surface area contributed by atoms with Gasteiger partial charge in [0.05, 0.1) is 11.5 Å². The van der Waals surface area contributed by atoms with E-state index >= 15 is 0 Å². The summed E-state index contributed by atoms with van der Waals surface area (Å²) < 4.78 is 6.07. The molecule has 0 unspecified atom stereocenters. The van der Waals surface area contributed by atoms with Gasteiger partial charge in [-0.3, -0.25) is 0 Å². The minimum Gasteiger partial charge on any atom is -0.391 e. The molecule has 0 aromatic carbocycles. The second-order valence-electron chi connectivity index (χ2n) is 5.88. The molecule has 1 heterocycles. The van der Waals surface area contributed by atoms with Crippen LogP contribution in [0.25, 0.3) is 0 Å². The lowest BCUT2D eigenvalue weighted by Crippen LogP contribution is -2.37. The van der Waals surface area contributed by atoms with Crippen LogP contribution < -0.4 is 0 Å². The lowest BCUT2D eigenvalue weighted by molar-refractivity contribution is -0.0890. The third-order valence-corrected chi connectivity index (χ3v) is 5.10. The predicted octanol–water partition coefficient (Wildman–Crippen LogP) is 3.47. The van der Waals surface area contributed by atoms with Crippen molar-refractivity contribution in [3.8, 4) is 0 Å². The number of nitrogens with zero attached hydrogens (tertiary/aromatic N) is 1. The van der Waals surface area contributed by atoms with Crippen LogP contribution in [-0.4, -0.2) is 16.7 Å². The summed E-state index contributed by atoms with van der Waals surface area (Å²) in [5.74, 6) is 0. The molecule has 102 valence electrons. The highest BCUT2D eigenvalue weighted by Crippen LogP contribution is 2.48. The molecule has 1 aromatic rings. The van der Waals surface area contributed by atoms with Crippen LogP contribution in [0.5, 0.6) is 0 Å². The van der Waals surface area contributed by atoms with E-state index in [-0.39, 0.29) is 12.2 Å². The highest BCUT2D eigenvalue weighted by atomic mass is 32.1. The minimum atomic E-state index is -0.206. The van der Waals surface area contributed by atoms with Crippen molar-refractivity contribution in [2.45, 2.75) is 58.7 Å². The number of aliphatic hydroxyl groups excluding tert-OH is 1. The van der Waals surface area contributed by atoms with Gasteiger partial charge >= 0.3 is 0 Å². The molecule has 2 rings (SSSR count). The molecule has 1 saturated carbocycles. The Kier molecular flexibility index (Phi) is 4.09. The maximum atomic E-state index is 9.18. The van der Waals surface area contributed by atoms with Gasteiger partial charge < -0.3 is 9.84 Å². The zero-order valence-corrected chi connectivity index (χ0v) is 12.3. The number of ether oxygens (including phenoxy) is 1.